The van der Waals surface area contributed by atoms with E-state index in [0.29, 0.717) is 0 Å². The highest BCUT2D eigenvalue weighted by Gasteiger charge is 2.66. The van der Waals surface area contributed by atoms with Crippen LogP contribution < -0.4 is 0 Å². The van der Waals surface area contributed by atoms with Crippen LogP contribution in [0.4, 0.5) is 0 Å². The van der Waals surface area contributed by atoms with E-state index in [1.165, 1.54) is 5.56 Å². The molecule has 0 bridgehead atoms. The monoisotopic (exact) mass is 682 g/mol. The Bertz CT molecular complexity index is 938. The van der Waals surface area contributed by atoms with Gasteiger partial charge in [-0.1, -0.05) is 154 Å². The molecule has 0 aliphatic rings. The minimum atomic E-state index is -1.98. The topological polar surface area (TPSA) is 18.5 Å². The molecule has 1 aromatic carbocycles. The minimum absolute atomic E-state index is 0.985. The maximum absolute atomic E-state index is 7.67. The van der Waals surface area contributed by atoms with Crippen LogP contribution in [0.3, 0.4) is 0 Å². The minimum Gasteiger partial charge on any atom is -0.558 e. The molecule has 1 aromatic rings. The van der Waals surface area contributed by atoms with Crippen molar-refractivity contribution in [3.63, 3.8) is 0 Å². The van der Waals surface area contributed by atoms with Gasteiger partial charge in [-0.3, -0.25) is 0 Å². The Balaban J connectivity index is 3.44. The van der Waals surface area contributed by atoms with Crippen LogP contribution in [0.5, 0.6) is 0 Å². The van der Waals surface area contributed by atoms with Gasteiger partial charge in [-0.2, -0.15) is 0 Å². The van der Waals surface area contributed by atoms with Crippen molar-refractivity contribution in [1.82, 2.24) is 0 Å². The summed E-state index contributed by atoms with van der Waals surface area (Å²) < 4.78 is 14.8. The summed E-state index contributed by atoms with van der Waals surface area (Å²) in [5, 5.41) is 0. The van der Waals surface area contributed by atoms with Crippen LogP contribution in [0.1, 0.15) is 18.4 Å². The first-order valence-corrected chi connectivity index (χ1v) is 46.3. The lowest BCUT2D eigenvalue weighted by Crippen LogP contribution is -2.84. The molecule has 0 saturated carbocycles. The molecular weight excluding hydrogens is 617 g/mol. The Morgan fingerprint density at radius 1 is 0.525 bits per heavy atom. The molecule has 230 valence electrons. The third-order valence-electron chi connectivity index (χ3n) is 8.66. The Labute approximate surface area is 257 Å². The van der Waals surface area contributed by atoms with Gasteiger partial charge in [0.15, 0.2) is 0 Å². The normalized spacial score (nSPS) is 15.5. The third kappa shape index (κ3) is 7.94. The smallest absolute Gasteiger partial charge is 0.206 e. The quantitative estimate of drug-likeness (QED) is 0.110. The average Bonchev–Trinajstić information content (AvgIpc) is 2.70. The second-order valence-electron chi connectivity index (χ2n) is 18.0. The van der Waals surface area contributed by atoms with Gasteiger partial charge in [0, 0.05) is 5.56 Å². The van der Waals surface area contributed by atoms with E-state index in [2.05, 4.69) is 167 Å². The fourth-order valence-electron chi connectivity index (χ4n) is 9.25. The number of hydrogen-bond acceptors (Lipinski definition) is 2. The molecule has 0 radical (unpaired) electrons. The zero-order valence-corrected chi connectivity index (χ0v) is 37.8. The van der Waals surface area contributed by atoms with Crippen molar-refractivity contribution in [3.05, 3.63) is 54.3 Å². The molecule has 0 aliphatic carbocycles. The lowest BCUT2D eigenvalue weighted by atomic mass is 10.1. The average molecular weight is 684 g/mol. The number of rotatable bonds is 14. The molecule has 1 rings (SSSR count). The molecule has 0 saturated heterocycles. The molecule has 0 aromatic heterocycles. The molecule has 0 atom stereocenters. The van der Waals surface area contributed by atoms with E-state index in [4.69, 9.17) is 8.85 Å². The number of benzene rings is 1. The van der Waals surface area contributed by atoms with Gasteiger partial charge in [0.1, 0.15) is 5.76 Å². The van der Waals surface area contributed by atoms with Crippen molar-refractivity contribution >= 4 is 65.0 Å². The standard InChI is InChI=1S/C30H66O2Si8/c1-33(2,3)39(34(4,5)6,35(7,8)9)31-28-24-20-23-27-30(29-25-21-19-22-26-29)32-40(36(10,11)12,37(13,14)15)38(16,17)18/h19,21-22,24-28H,20,23H2,1-18H3/b28-24-,30-27-. The second-order valence-corrected chi connectivity index (χ2v) is 96.8. The van der Waals surface area contributed by atoms with Crippen molar-refractivity contribution in [2.75, 3.05) is 0 Å². The van der Waals surface area contributed by atoms with Crippen molar-refractivity contribution in [2.24, 2.45) is 0 Å². The molecule has 0 heterocycles. The largest absolute Gasteiger partial charge is 0.558 e. The second kappa shape index (κ2) is 13.0. The van der Waals surface area contributed by atoms with E-state index < -0.39 is 59.3 Å². The summed E-state index contributed by atoms with van der Waals surface area (Å²) in [6.07, 6.45) is 8.88. The van der Waals surface area contributed by atoms with E-state index in [1.54, 1.807) is 0 Å². The molecule has 0 N–H and O–H groups in total. The molecule has 0 spiro atoms. The lowest BCUT2D eigenvalue weighted by molar-refractivity contribution is 0.503. The highest BCUT2D eigenvalue weighted by atomic mass is 29.9. The van der Waals surface area contributed by atoms with Crippen molar-refractivity contribution in [3.8, 4) is 0 Å². The molecule has 0 amide bonds. The number of hydrogen-bond donors (Lipinski definition) is 0. The molecule has 40 heavy (non-hydrogen) atoms. The molecule has 10 heteroatoms. The van der Waals surface area contributed by atoms with E-state index in [1.807, 2.05) is 0 Å². The summed E-state index contributed by atoms with van der Waals surface area (Å²) in [5.74, 6) is 1.16. The zero-order valence-electron chi connectivity index (χ0n) is 29.8. The first-order valence-electron chi connectivity index (χ1n) is 15.4. The summed E-state index contributed by atoms with van der Waals surface area (Å²) in [6, 6.07) is 10.9. The predicted octanol–water partition coefficient (Wildman–Crippen LogP) is 10.7. The van der Waals surface area contributed by atoms with Crippen LogP contribution in [-0.4, -0.2) is 59.3 Å². The Hall–Kier alpha value is 0.0351. The SMILES string of the molecule is C[Si](C)(C)[Si](O/C=C\CC/C=C(\O[Si]([Si](C)(C)C)([Si](C)(C)C)[Si](C)(C)C)c1ccccc1)([Si](C)(C)C)[Si](C)(C)C. The van der Waals surface area contributed by atoms with Gasteiger partial charge in [-0.15, -0.1) is 0 Å². The Morgan fingerprint density at radius 2 is 0.900 bits per heavy atom. The van der Waals surface area contributed by atoms with Gasteiger partial charge in [0.25, 0.3) is 0 Å². The van der Waals surface area contributed by atoms with Gasteiger partial charge in [0.2, 0.25) is 13.7 Å². The summed E-state index contributed by atoms with van der Waals surface area (Å²) in [5.41, 5.74) is 1.25. The van der Waals surface area contributed by atoms with Gasteiger partial charge >= 0.3 is 0 Å². The van der Waals surface area contributed by atoms with Gasteiger partial charge < -0.3 is 8.85 Å². The number of allylic oxidation sites excluding steroid dienone is 2. The van der Waals surface area contributed by atoms with E-state index >= 15 is 0 Å². The fourth-order valence-corrected chi connectivity index (χ4v) is 195. The molecule has 0 unspecified atom stereocenters. The van der Waals surface area contributed by atoms with E-state index in [0.717, 1.165) is 18.6 Å². The Morgan fingerprint density at radius 3 is 1.25 bits per heavy atom. The van der Waals surface area contributed by atoms with E-state index in [-0.39, 0.29) is 0 Å². The van der Waals surface area contributed by atoms with Crippen LogP contribution in [0, 0.1) is 0 Å². The maximum Gasteiger partial charge on any atom is 0.206 e. The molecular formula is C30H66O2Si8. The van der Waals surface area contributed by atoms with Crippen molar-refractivity contribution in [2.45, 2.75) is 131 Å². The zero-order chi connectivity index (χ0) is 31.6. The summed E-state index contributed by atoms with van der Waals surface area (Å²) in [6.45, 7) is 42.9. The van der Waals surface area contributed by atoms with Crippen molar-refractivity contribution < 1.29 is 8.85 Å². The predicted molar refractivity (Wildman–Crippen MR) is 207 cm³/mol. The highest BCUT2D eigenvalue weighted by Crippen LogP contribution is 2.41. The van der Waals surface area contributed by atoms with Crippen LogP contribution >= 0.6 is 0 Å². The third-order valence-corrected chi connectivity index (χ3v) is 143. The maximum atomic E-state index is 7.67. The summed E-state index contributed by atoms with van der Waals surface area (Å²) in [4.78, 5) is 0. The Kier molecular flexibility index (Phi) is 12.3. The lowest BCUT2D eigenvalue weighted by Gasteiger charge is -2.56. The van der Waals surface area contributed by atoms with Crippen LogP contribution in [0.2, 0.25) is 118 Å². The van der Waals surface area contributed by atoms with Gasteiger partial charge in [-0.05, 0) is 18.9 Å². The summed E-state index contributed by atoms with van der Waals surface area (Å²) >= 11 is 0. The molecule has 0 aliphatic heterocycles. The van der Waals surface area contributed by atoms with Gasteiger partial charge in [-0.25, -0.2) is 0 Å². The molecule has 0 fully saturated rings. The van der Waals surface area contributed by atoms with Crippen LogP contribution in [0.15, 0.2) is 48.7 Å². The molecule has 2 nitrogen and oxygen atoms in total. The van der Waals surface area contributed by atoms with Crippen LogP contribution in [0.25, 0.3) is 5.76 Å². The first kappa shape index (κ1) is 38.1. The first-order chi connectivity index (χ1) is 17.7. The summed E-state index contributed by atoms with van der Waals surface area (Å²) in [7, 11) is -9.01. The van der Waals surface area contributed by atoms with Gasteiger partial charge in [0.05, 0.1) is 51.8 Å². The van der Waals surface area contributed by atoms with E-state index in [9.17, 15) is 0 Å². The highest BCUT2D eigenvalue weighted by molar-refractivity contribution is 7.88. The van der Waals surface area contributed by atoms with Crippen molar-refractivity contribution in [1.29, 1.82) is 0 Å². The number of unbranched alkanes of at least 4 members (excludes halogenated alkanes) is 1. The fraction of sp³-hybridized carbons (Fsp3) is 0.667. The van der Waals surface area contributed by atoms with Crippen LogP contribution in [-0.2, 0) is 8.85 Å².